The lowest BCUT2D eigenvalue weighted by atomic mass is 9.86. The standard InChI is InChI=1S/C15H24N2O2/c1-13-3-4-14(19-13)11-17-7-5-15(6-8-17)12-18-10-9-16(15)2/h3-4H,5-12H2,1-2H3. The summed E-state index contributed by atoms with van der Waals surface area (Å²) in [6.07, 6.45) is 2.40. The maximum atomic E-state index is 5.71. The van der Waals surface area contributed by atoms with Gasteiger partial charge in [-0.05, 0) is 38.9 Å². The van der Waals surface area contributed by atoms with Crippen molar-refractivity contribution in [1.29, 1.82) is 0 Å². The molecule has 2 fully saturated rings. The molecule has 2 saturated heterocycles. The first kappa shape index (κ1) is 13.2. The van der Waals surface area contributed by atoms with Crippen molar-refractivity contribution >= 4 is 0 Å². The van der Waals surface area contributed by atoms with Crippen LogP contribution >= 0.6 is 0 Å². The lowest BCUT2D eigenvalue weighted by molar-refractivity contribution is -0.0840. The maximum Gasteiger partial charge on any atom is 0.118 e. The molecule has 0 aliphatic carbocycles. The highest BCUT2D eigenvalue weighted by Crippen LogP contribution is 2.31. The van der Waals surface area contributed by atoms with E-state index in [1.54, 1.807) is 0 Å². The summed E-state index contributed by atoms with van der Waals surface area (Å²) in [7, 11) is 2.24. The third kappa shape index (κ3) is 2.71. The zero-order chi connectivity index (χ0) is 13.3. The molecule has 2 aliphatic rings. The number of likely N-dealkylation sites (tertiary alicyclic amines) is 1. The number of aryl methyl sites for hydroxylation is 1. The molecule has 3 rings (SSSR count). The van der Waals surface area contributed by atoms with Crippen molar-refractivity contribution in [2.75, 3.05) is 39.9 Å². The number of nitrogens with zero attached hydrogens (tertiary/aromatic N) is 2. The Labute approximate surface area is 115 Å². The molecule has 1 aromatic heterocycles. The molecule has 19 heavy (non-hydrogen) atoms. The van der Waals surface area contributed by atoms with Crippen LogP contribution in [0.2, 0.25) is 0 Å². The number of ether oxygens (including phenoxy) is 1. The van der Waals surface area contributed by atoms with Crippen molar-refractivity contribution in [2.24, 2.45) is 0 Å². The first-order valence-corrected chi connectivity index (χ1v) is 7.25. The smallest absolute Gasteiger partial charge is 0.118 e. The second-order valence-electron chi connectivity index (χ2n) is 5.99. The average Bonchev–Trinajstić information content (AvgIpc) is 2.81. The number of piperidine rings is 1. The van der Waals surface area contributed by atoms with Gasteiger partial charge in [-0.25, -0.2) is 0 Å². The van der Waals surface area contributed by atoms with Gasteiger partial charge in [0.2, 0.25) is 0 Å². The molecule has 106 valence electrons. The highest BCUT2D eigenvalue weighted by molar-refractivity contribution is 5.06. The Balaban J connectivity index is 1.57. The van der Waals surface area contributed by atoms with Crippen LogP contribution in [0.4, 0.5) is 0 Å². The molecule has 1 aromatic rings. The van der Waals surface area contributed by atoms with Crippen LogP contribution in [-0.2, 0) is 11.3 Å². The summed E-state index contributed by atoms with van der Waals surface area (Å²) >= 11 is 0. The molecule has 0 aromatic carbocycles. The number of rotatable bonds is 2. The molecule has 0 saturated carbocycles. The van der Waals surface area contributed by atoms with E-state index in [2.05, 4.69) is 22.9 Å². The van der Waals surface area contributed by atoms with Crippen LogP contribution < -0.4 is 0 Å². The van der Waals surface area contributed by atoms with Crippen LogP contribution in [0.5, 0.6) is 0 Å². The molecule has 4 heteroatoms. The molecule has 4 nitrogen and oxygen atoms in total. The van der Waals surface area contributed by atoms with Gasteiger partial charge in [0, 0.05) is 25.2 Å². The van der Waals surface area contributed by atoms with E-state index in [9.17, 15) is 0 Å². The SMILES string of the molecule is Cc1ccc(CN2CCC3(CC2)COCCN3C)o1. The van der Waals surface area contributed by atoms with Crippen LogP contribution in [0.15, 0.2) is 16.5 Å². The number of furan rings is 1. The van der Waals surface area contributed by atoms with Gasteiger partial charge in [-0.3, -0.25) is 9.80 Å². The molecular formula is C15H24N2O2. The van der Waals surface area contributed by atoms with E-state index in [4.69, 9.17) is 9.15 Å². The van der Waals surface area contributed by atoms with E-state index < -0.39 is 0 Å². The quantitative estimate of drug-likeness (QED) is 0.815. The summed E-state index contributed by atoms with van der Waals surface area (Å²) < 4.78 is 11.4. The van der Waals surface area contributed by atoms with E-state index in [0.29, 0.717) is 0 Å². The average molecular weight is 264 g/mol. The van der Waals surface area contributed by atoms with E-state index in [1.165, 1.54) is 12.8 Å². The molecule has 1 spiro atoms. The first-order valence-electron chi connectivity index (χ1n) is 7.25. The Kier molecular flexibility index (Phi) is 3.65. The molecule has 0 atom stereocenters. The molecule has 0 unspecified atom stereocenters. The minimum absolute atomic E-state index is 0.286. The van der Waals surface area contributed by atoms with Gasteiger partial charge in [0.15, 0.2) is 0 Å². The fourth-order valence-corrected chi connectivity index (χ4v) is 3.25. The van der Waals surface area contributed by atoms with E-state index >= 15 is 0 Å². The Morgan fingerprint density at radius 3 is 2.63 bits per heavy atom. The van der Waals surface area contributed by atoms with Gasteiger partial charge in [0.1, 0.15) is 11.5 Å². The molecular weight excluding hydrogens is 240 g/mol. The van der Waals surface area contributed by atoms with Gasteiger partial charge in [0.05, 0.1) is 19.8 Å². The Morgan fingerprint density at radius 1 is 1.21 bits per heavy atom. The van der Waals surface area contributed by atoms with Crippen LogP contribution in [0, 0.1) is 6.92 Å². The minimum atomic E-state index is 0.286. The largest absolute Gasteiger partial charge is 0.465 e. The van der Waals surface area contributed by atoms with Crippen LogP contribution in [0.1, 0.15) is 24.4 Å². The second-order valence-corrected chi connectivity index (χ2v) is 5.99. The minimum Gasteiger partial charge on any atom is -0.465 e. The van der Waals surface area contributed by atoms with E-state index in [-0.39, 0.29) is 5.54 Å². The van der Waals surface area contributed by atoms with Crippen molar-refractivity contribution in [1.82, 2.24) is 9.80 Å². The molecule has 0 N–H and O–H groups in total. The highest BCUT2D eigenvalue weighted by Gasteiger charge is 2.40. The highest BCUT2D eigenvalue weighted by atomic mass is 16.5. The van der Waals surface area contributed by atoms with Gasteiger partial charge in [0.25, 0.3) is 0 Å². The predicted octanol–water partition coefficient (Wildman–Crippen LogP) is 1.88. The van der Waals surface area contributed by atoms with Crippen molar-refractivity contribution in [3.05, 3.63) is 23.7 Å². The van der Waals surface area contributed by atoms with Crippen LogP contribution in [-0.4, -0.2) is 55.2 Å². The van der Waals surface area contributed by atoms with Crippen molar-refractivity contribution in [3.8, 4) is 0 Å². The molecule has 0 radical (unpaired) electrons. The van der Waals surface area contributed by atoms with Crippen molar-refractivity contribution in [2.45, 2.75) is 31.8 Å². The third-order valence-electron chi connectivity index (χ3n) is 4.71. The van der Waals surface area contributed by atoms with Crippen LogP contribution in [0.25, 0.3) is 0 Å². The Hall–Kier alpha value is -0.840. The first-order chi connectivity index (χ1) is 9.18. The van der Waals surface area contributed by atoms with E-state index in [1.807, 2.05) is 13.0 Å². The summed E-state index contributed by atoms with van der Waals surface area (Å²) in [4.78, 5) is 5.00. The summed E-state index contributed by atoms with van der Waals surface area (Å²) in [5.41, 5.74) is 0.286. The fourth-order valence-electron chi connectivity index (χ4n) is 3.25. The van der Waals surface area contributed by atoms with Crippen LogP contribution in [0.3, 0.4) is 0 Å². The monoisotopic (exact) mass is 264 g/mol. The number of hydrogen-bond acceptors (Lipinski definition) is 4. The van der Waals surface area contributed by atoms with Gasteiger partial charge < -0.3 is 9.15 Å². The fraction of sp³-hybridized carbons (Fsp3) is 0.733. The third-order valence-corrected chi connectivity index (χ3v) is 4.71. The second kappa shape index (κ2) is 5.27. The van der Waals surface area contributed by atoms with Gasteiger partial charge in [-0.2, -0.15) is 0 Å². The zero-order valence-corrected chi connectivity index (χ0v) is 12.0. The van der Waals surface area contributed by atoms with E-state index in [0.717, 1.165) is 50.9 Å². The number of hydrogen-bond donors (Lipinski definition) is 0. The van der Waals surface area contributed by atoms with Gasteiger partial charge in [-0.1, -0.05) is 0 Å². The summed E-state index contributed by atoms with van der Waals surface area (Å²) in [6, 6.07) is 4.14. The summed E-state index contributed by atoms with van der Waals surface area (Å²) in [5.74, 6) is 2.09. The molecule has 0 bridgehead atoms. The molecule has 2 aliphatic heterocycles. The van der Waals surface area contributed by atoms with Gasteiger partial charge >= 0.3 is 0 Å². The summed E-state index contributed by atoms with van der Waals surface area (Å²) in [5, 5.41) is 0. The Morgan fingerprint density at radius 2 is 2.00 bits per heavy atom. The number of morpholine rings is 1. The normalized spacial score (nSPS) is 24.9. The van der Waals surface area contributed by atoms with Crippen molar-refractivity contribution in [3.63, 3.8) is 0 Å². The topological polar surface area (TPSA) is 28.9 Å². The predicted molar refractivity (Wildman–Crippen MR) is 74.1 cm³/mol. The lowest BCUT2D eigenvalue weighted by Crippen LogP contribution is -2.59. The van der Waals surface area contributed by atoms with Crippen molar-refractivity contribution < 1.29 is 9.15 Å². The summed E-state index contributed by atoms with van der Waals surface area (Å²) in [6.45, 7) is 8.06. The Bertz CT molecular complexity index is 422. The molecule has 3 heterocycles. The lowest BCUT2D eigenvalue weighted by Gasteiger charge is -2.49. The molecule has 0 amide bonds. The van der Waals surface area contributed by atoms with Gasteiger partial charge in [-0.15, -0.1) is 0 Å². The maximum absolute atomic E-state index is 5.71. The zero-order valence-electron chi connectivity index (χ0n) is 12.0. The number of likely N-dealkylation sites (N-methyl/N-ethyl adjacent to an activating group) is 1.